The number of rotatable bonds is 0. The number of nitrogens with zero attached hydrogens (tertiary/aromatic N) is 1. The molecule has 2 unspecified atom stereocenters. The van der Waals surface area contributed by atoms with Gasteiger partial charge in [0, 0.05) is 10.9 Å². The van der Waals surface area contributed by atoms with Crippen LogP contribution in [0.1, 0.15) is 19.3 Å². The van der Waals surface area contributed by atoms with E-state index in [2.05, 4.69) is 20.8 Å². The van der Waals surface area contributed by atoms with E-state index >= 15 is 0 Å². The topological polar surface area (TPSA) is 3.24 Å². The normalized spacial score (nSPS) is 43.7. The molecule has 0 aromatic rings. The molecular weight excluding hydrogens is 178 g/mol. The van der Waals surface area contributed by atoms with Gasteiger partial charge >= 0.3 is 0 Å². The van der Waals surface area contributed by atoms with E-state index in [1.54, 1.807) is 0 Å². The third-order valence-corrected chi connectivity index (χ3v) is 3.59. The van der Waals surface area contributed by atoms with Crippen molar-refractivity contribution < 1.29 is 0 Å². The van der Waals surface area contributed by atoms with Crippen LogP contribution in [0, 0.1) is 0 Å². The van der Waals surface area contributed by atoms with E-state index in [0.717, 1.165) is 10.9 Å². The van der Waals surface area contributed by atoms with Crippen LogP contribution in [0.2, 0.25) is 0 Å². The maximum Gasteiger partial charge on any atom is 0.0313 e. The molecule has 2 rings (SSSR count). The lowest BCUT2D eigenvalue weighted by Crippen LogP contribution is -2.25. The summed E-state index contributed by atoms with van der Waals surface area (Å²) >= 11 is 3.70. The van der Waals surface area contributed by atoms with Crippen molar-refractivity contribution in [3.05, 3.63) is 0 Å². The number of hydrogen-bond acceptors (Lipinski definition) is 1. The van der Waals surface area contributed by atoms with E-state index in [4.69, 9.17) is 0 Å². The van der Waals surface area contributed by atoms with Crippen LogP contribution in [0.4, 0.5) is 0 Å². The van der Waals surface area contributed by atoms with Gasteiger partial charge in [0.05, 0.1) is 0 Å². The minimum atomic E-state index is 0.806. The van der Waals surface area contributed by atoms with E-state index in [-0.39, 0.29) is 0 Å². The van der Waals surface area contributed by atoms with Gasteiger partial charge in [-0.15, -0.1) is 0 Å². The summed E-state index contributed by atoms with van der Waals surface area (Å²) in [7, 11) is 0. The average molecular weight is 190 g/mol. The van der Waals surface area contributed by atoms with Crippen molar-refractivity contribution >= 4 is 15.9 Å². The van der Waals surface area contributed by atoms with Gasteiger partial charge < -0.3 is 0 Å². The summed E-state index contributed by atoms with van der Waals surface area (Å²) in [5, 5.41) is 0. The van der Waals surface area contributed by atoms with Crippen LogP contribution in [-0.4, -0.2) is 28.9 Å². The molecule has 2 aliphatic rings. The highest BCUT2D eigenvalue weighted by molar-refractivity contribution is 9.09. The second-order valence-corrected chi connectivity index (χ2v) is 4.23. The van der Waals surface area contributed by atoms with Gasteiger partial charge in [0.25, 0.3) is 0 Å². The summed E-state index contributed by atoms with van der Waals surface area (Å²) in [6, 6.07) is 0.894. The number of alkyl halides is 1. The van der Waals surface area contributed by atoms with Crippen molar-refractivity contribution in [1.29, 1.82) is 0 Å². The Morgan fingerprint density at radius 2 is 2.11 bits per heavy atom. The maximum atomic E-state index is 3.70. The largest absolute Gasteiger partial charge is 0.299 e. The molecule has 0 saturated carbocycles. The van der Waals surface area contributed by atoms with Crippen LogP contribution >= 0.6 is 15.9 Å². The predicted octanol–water partition coefficient (Wildman–Crippen LogP) is 1.62. The van der Waals surface area contributed by atoms with Crippen molar-refractivity contribution in [1.82, 2.24) is 4.90 Å². The monoisotopic (exact) mass is 189 g/mol. The molecule has 2 heterocycles. The SMILES string of the molecule is BrC1CCN2CCCC12. The zero-order chi connectivity index (χ0) is 6.27. The maximum absolute atomic E-state index is 3.70. The fourth-order valence-corrected chi connectivity index (χ4v) is 2.82. The molecule has 0 bridgehead atoms. The molecule has 9 heavy (non-hydrogen) atoms. The molecule has 0 spiro atoms. The van der Waals surface area contributed by atoms with Crippen LogP contribution in [0.15, 0.2) is 0 Å². The van der Waals surface area contributed by atoms with Crippen molar-refractivity contribution in [3.63, 3.8) is 0 Å². The molecule has 0 amide bonds. The molecule has 2 saturated heterocycles. The lowest BCUT2D eigenvalue weighted by atomic mass is 10.2. The number of fused-ring (bicyclic) bond motifs is 1. The van der Waals surface area contributed by atoms with Crippen LogP contribution < -0.4 is 0 Å². The van der Waals surface area contributed by atoms with Crippen molar-refractivity contribution in [2.75, 3.05) is 13.1 Å². The molecule has 0 N–H and O–H groups in total. The Kier molecular flexibility index (Phi) is 1.54. The zero-order valence-corrected chi connectivity index (χ0v) is 7.10. The first-order valence-corrected chi connectivity index (χ1v) is 4.67. The number of halogens is 1. The molecule has 2 aliphatic heterocycles. The van der Waals surface area contributed by atoms with Gasteiger partial charge in [-0.2, -0.15) is 0 Å². The standard InChI is InChI=1S/C7H12BrN/c8-6-3-5-9-4-1-2-7(6)9/h6-7H,1-5H2. The van der Waals surface area contributed by atoms with E-state index in [0.29, 0.717) is 0 Å². The Balaban J connectivity index is 2.07. The van der Waals surface area contributed by atoms with Gasteiger partial charge in [-0.25, -0.2) is 0 Å². The summed E-state index contributed by atoms with van der Waals surface area (Å²) in [4.78, 5) is 3.42. The van der Waals surface area contributed by atoms with Gasteiger partial charge in [0.1, 0.15) is 0 Å². The van der Waals surface area contributed by atoms with Crippen molar-refractivity contribution in [2.24, 2.45) is 0 Å². The van der Waals surface area contributed by atoms with Gasteiger partial charge in [-0.3, -0.25) is 4.90 Å². The molecule has 0 aromatic heterocycles. The van der Waals surface area contributed by atoms with Crippen LogP contribution in [0.5, 0.6) is 0 Å². The molecule has 52 valence electrons. The third-order valence-electron chi connectivity index (χ3n) is 2.52. The van der Waals surface area contributed by atoms with Crippen LogP contribution in [-0.2, 0) is 0 Å². The van der Waals surface area contributed by atoms with E-state index < -0.39 is 0 Å². The molecule has 1 nitrogen and oxygen atoms in total. The van der Waals surface area contributed by atoms with Gasteiger partial charge in [0.15, 0.2) is 0 Å². The van der Waals surface area contributed by atoms with Crippen molar-refractivity contribution in [3.8, 4) is 0 Å². The molecule has 2 heteroatoms. The highest BCUT2D eigenvalue weighted by atomic mass is 79.9. The first-order valence-electron chi connectivity index (χ1n) is 3.76. The lowest BCUT2D eigenvalue weighted by molar-refractivity contribution is 0.327. The Bertz CT molecular complexity index is 115. The third kappa shape index (κ3) is 0.926. The Hall–Kier alpha value is 0.440. The molecule has 0 radical (unpaired) electrons. The molecule has 0 aromatic carbocycles. The molecule has 2 fully saturated rings. The van der Waals surface area contributed by atoms with E-state index in [1.165, 1.54) is 32.4 Å². The first-order chi connectivity index (χ1) is 4.38. The Morgan fingerprint density at radius 1 is 1.22 bits per heavy atom. The fourth-order valence-electron chi connectivity index (χ4n) is 2.02. The van der Waals surface area contributed by atoms with E-state index in [9.17, 15) is 0 Å². The second-order valence-electron chi connectivity index (χ2n) is 3.05. The van der Waals surface area contributed by atoms with Gasteiger partial charge in [-0.1, -0.05) is 15.9 Å². The second kappa shape index (κ2) is 2.24. The molecular formula is C7H12BrN. The number of hydrogen-bond donors (Lipinski definition) is 0. The molecule has 2 atom stereocenters. The minimum Gasteiger partial charge on any atom is -0.299 e. The smallest absolute Gasteiger partial charge is 0.0313 e. The Morgan fingerprint density at radius 3 is 2.89 bits per heavy atom. The predicted molar refractivity (Wildman–Crippen MR) is 41.9 cm³/mol. The fraction of sp³-hybridized carbons (Fsp3) is 1.00. The lowest BCUT2D eigenvalue weighted by Gasteiger charge is -2.14. The average Bonchev–Trinajstić information content (AvgIpc) is 2.35. The summed E-state index contributed by atoms with van der Waals surface area (Å²) < 4.78 is 0. The minimum absolute atomic E-state index is 0.806. The highest BCUT2D eigenvalue weighted by Gasteiger charge is 2.35. The van der Waals surface area contributed by atoms with E-state index in [1.807, 2.05) is 0 Å². The van der Waals surface area contributed by atoms with Gasteiger partial charge in [0.2, 0.25) is 0 Å². The summed E-state index contributed by atoms with van der Waals surface area (Å²) in [5.74, 6) is 0. The van der Waals surface area contributed by atoms with Gasteiger partial charge in [-0.05, 0) is 32.4 Å². The summed E-state index contributed by atoms with van der Waals surface area (Å²) in [5.41, 5.74) is 0. The first kappa shape index (κ1) is 6.17. The van der Waals surface area contributed by atoms with Crippen molar-refractivity contribution in [2.45, 2.75) is 30.1 Å². The summed E-state index contributed by atoms with van der Waals surface area (Å²) in [6.07, 6.45) is 4.22. The summed E-state index contributed by atoms with van der Waals surface area (Å²) in [6.45, 7) is 2.69. The molecule has 0 aliphatic carbocycles. The van der Waals surface area contributed by atoms with Crippen LogP contribution in [0.3, 0.4) is 0 Å². The highest BCUT2D eigenvalue weighted by Crippen LogP contribution is 2.31. The Labute approximate surface area is 64.5 Å². The van der Waals surface area contributed by atoms with Crippen LogP contribution in [0.25, 0.3) is 0 Å². The quantitative estimate of drug-likeness (QED) is 0.524. The zero-order valence-electron chi connectivity index (χ0n) is 5.52.